The monoisotopic (exact) mass is 440 g/mol. The molecule has 0 aliphatic carbocycles. The molecule has 1 aliphatic heterocycles. The molecular formula is C23H25ClN4O3. The number of likely N-dealkylation sites (tertiary alicyclic amines) is 1. The number of nitrogens with zero attached hydrogens (tertiary/aromatic N) is 3. The Bertz CT molecular complexity index is 1050. The third-order valence-electron chi connectivity index (χ3n) is 5.58. The third kappa shape index (κ3) is 5.06. The van der Waals surface area contributed by atoms with E-state index in [0.717, 1.165) is 42.0 Å². The smallest absolute Gasteiger partial charge is 0.241 e. The van der Waals surface area contributed by atoms with Crippen molar-refractivity contribution in [3.63, 3.8) is 0 Å². The summed E-state index contributed by atoms with van der Waals surface area (Å²) in [5.41, 5.74) is 2.50. The van der Waals surface area contributed by atoms with E-state index in [4.69, 9.17) is 20.9 Å². The second-order valence-electron chi connectivity index (χ2n) is 7.72. The summed E-state index contributed by atoms with van der Waals surface area (Å²) in [7, 11) is 1.63. The zero-order valence-electron chi connectivity index (χ0n) is 17.6. The van der Waals surface area contributed by atoms with Gasteiger partial charge in [-0.2, -0.15) is 4.98 Å². The van der Waals surface area contributed by atoms with E-state index in [1.165, 1.54) is 0 Å². The number of amides is 1. The van der Waals surface area contributed by atoms with Crippen molar-refractivity contribution in [3.05, 3.63) is 58.9 Å². The lowest BCUT2D eigenvalue weighted by Crippen LogP contribution is -2.40. The van der Waals surface area contributed by atoms with Crippen LogP contribution in [0.25, 0.3) is 11.4 Å². The molecule has 1 fully saturated rings. The number of carbonyl (C=O) groups is 1. The Hall–Kier alpha value is -2.90. The van der Waals surface area contributed by atoms with Gasteiger partial charge in [0.2, 0.25) is 17.6 Å². The molecule has 7 nitrogen and oxygen atoms in total. The average Bonchev–Trinajstić information content (AvgIpc) is 3.25. The molecule has 1 unspecified atom stereocenters. The fourth-order valence-electron chi connectivity index (χ4n) is 3.76. The summed E-state index contributed by atoms with van der Waals surface area (Å²) < 4.78 is 10.6. The number of halogens is 1. The van der Waals surface area contributed by atoms with E-state index >= 15 is 0 Å². The molecular weight excluding hydrogens is 416 g/mol. The van der Waals surface area contributed by atoms with Crippen molar-refractivity contribution < 1.29 is 14.1 Å². The van der Waals surface area contributed by atoms with Crippen molar-refractivity contribution in [2.24, 2.45) is 5.92 Å². The molecule has 1 aliphatic rings. The number of rotatable bonds is 6. The Morgan fingerprint density at radius 2 is 2.10 bits per heavy atom. The highest BCUT2D eigenvalue weighted by molar-refractivity contribution is 6.31. The zero-order valence-corrected chi connectivity index (χ0v) is 18.4. The van der Waals surface area contributed by atoms with Crippen LogP contribution in [0, 0.1) is 12.8 Å². The topological polar surface area (TPSA) is 80.5 Å². The van der Waals surface area contributed by atoms with Gasteiger partial charge in [-0.1, -0.05) is 22.8 Å². The molecule has 3 aromatic rings. The second-order valence-corrected chi connectivity index (χ2v) is 8.12. The normalized spacial score (nSPS) is 16.8. The first kappa shape index (κ1) is 21.3. The highest BCUT2D eigenvalue weighted by Gasteiger charge is 2.27. The molecule has 162 valence electrons. The molecule has 2 aromatic carbocycles. The standard InChI is InChI=1S/C23H25ClN4O3/c1-15-19(24)6-3-7-20(15)25-23(29)17-5-4-12-28(13-17)14-21-26-22(27-31-21)16-8-10-18(30-2)11-9-16/h3,6-11,17H,4-5,12-14H2,1-2H3,(H,25,29). The maximum atomic E-state index is 12.8. The summed E-state index contributed by atoms with van der Waals surface area (Å²) in [5, 5.41) is 7.76. The van der Waals surface area contributed by atoms with Crippen molar-refractivity contribution in [1.82, 2.24) is 15.0 Å². The van der Waals surface area contributed by atoms with E-state index in [2.05, 4.69) is 20.4 Å². The number of methoxy groups -OCH3 is 1. The Morgan fingerprint density at radius 3 is 2.87 bits per heavy atom. The van der Waals surface area contributed by atoms with E-state index in [1.807, 2.05) is 49.4 Å². The molecule has 31 heavy (non-hydrogen) atoms. The minimum Gasteiger partial charge on any atom is -0.497 e. The molecule has 8 heteroatoms. The van der Waals surface area contributed by atoms with E-state index in [0.29, 0.717) is 29.8 Å². The summed E-state index contributed by atoms with van der Waals surface area (Å²) >= 11 is 6.17. The Kier molecular flexibility index (Phi) is 6.53. The fourth-order valence-corrected chi connectivity index (χ4v) is 3.93. The first-order chi connectivity index (χ1) is 15.0. The Morgan fingerprint density at radius 1 is 1.29 bits per heavy atom. The van der Waals surface area contributed by atoms with Crippen LogP contribution in [0.4, 0.5) is 5.69 Å². The van der Waals surface area contributed by atoms with Gasteiger partial charge in [0.25, 0.3) is 0 Å². The maximum Gasteiger partial charge on any atom is 0.241 e. The molecule has 0 radical (unpaired) electrons. The van der Waals surface area contributed by atoms with Crippen LogP contribution < -0.4 is 10.1 Å². The number of benzene rings is 2. The van der Waals surface area contributed by atoms with Gasteiger partial charge in [-0.3, -0.25) is 9.69 Å². The molecule has 2 heterocycles. The third-order valence-corrected chi connectivity index (χ3v) is 5.99. The summed E-state index contributed by atoms with van der Waals surface area (Å²) in [6, 6.07) is 13.0. The van der Waals surface area contributed by atoms with Crippen LogP contribution in [-0.4, -0.2) is 41.1 Å². The van der Waals surface area contributed by atoms with Crippen LogP contribution in [0.2, 0.25) is 5.02 Å². The van der Waals surface area contributed by atoms with Crippen molar-refractivity contribution in [2.75, 3.05) is 25.5 Å². The van der Waals surface area contributed by atoms with E-state index in [1.54, 1.807) is 7.11 Å². The first-order valence-electron chi connectivity index (χ1n) is 10.3. The van der Waals surface area contributed by atoms with Gasteiger partial charge in [0.15, 0.2) is 0 Å². The molecule has 4 rings (SSSR count). The number of hydrogen-bond donors (Lipinski definition) is 1. The van der Waals surface area contributed by atoms with Gasteiger partial charge in [-0.05, 0) is 68.3 Å². The van der Waals surface area contributed by atoms with Crippen molar-refractivity contribution in [3.8, 4) is 17.1 Å². The predicted octanol–water partition coefficient (Wildman–Crippen LogP) is 4.56. The quantitative estimate of drug-likeness (QED) is 0.605. The number of piperidine rings is 1. The first-order valence-corrected chi connectivity index (χ1v) is 10.7. The minimum atomic E-state index is -0.101. The summed E-state index contributed by atoms with van der Waals surface area (Å²) in [4.78, 5) is 19.5. The van der Waals surface area contributed by atoms with Gasteiger partial charge in [-0.25, -0.2) is 0 Å². The van der Waals surface area contributed by atoms with Crippen LogP contribution in [-0.2, 0) is 11.3 Å². The van der Waals surface area contributed by atoms with Gasteiger partial charge in [0.1, 0.15) is 5.75 Å². The lowest BCUT2D eigenvalue weighted by atomic mass is 9.97. The van der Waals surface area contributed by atoms with Crippen molar-refractivity contribution in [2.45, 2.75) is 26.3 Å². The number of ether oxygens (including phenoxy) is 1. The Labute approximate surface area is 186 Å². The van der Waals surface area contributed by atoms with E-state index in [9.17, 15) is 4.79 Å². The lowest BCUT2D eigenvalue weighted by molar-refractivity contribution is -0.121. The van der Waals surface area contributed by atoms with Gasteiger partial charge in [0.05, 0.1) is 19.6 Å². The summed E-state index contributed by atoms with van der Waals surface area (Å²) in [5.74, 6) is 1.77. The van der Waals surface area contributed by atoms with Crippen LogP contribution in [0.5, 0.6) is 5.75 Å². The number of anilines is 1. The number of hydrogen-bond acceptors (Lipinski definition) is 6. The molecule has 0 bridgehead atoms. The maximum absolute atomic E-state index is 12.8. The highest BCUT2D eigenvalue weighted by Crippen LogP contribution is 2.26. The Balaban J connectivity index is 1.37. The van der Waals surface area contributed by atoms with Crippen LogP contribution in [0.1, 0.15) is 24.3 Å². The summed E-state index contributed by atoms with van der Waals surface area (Å²) in [6.07, 6.45) is 1.79. The molecule has 1 N–H and O–H groups in total. The fraction of sp³-hybridized carbons (Fsp3) is 0.348. The predicted molar refractivity (Wildman–Crippen MR) is 119 cm³/mol. The van der Waals surface area contributed by atoms with Crippen molar-refractivity contribution >= 4 is 23.2 Å². The van der Waals surface area contributed by atoms with Gasteiger partial charge >= 0.3 is 0 Å². The van der Waals surface area contributed by atoms with E-state index in [-0.39, 0.29) is 11.8 Å². The molecule has 1 amide bonds. The molecule has 0 spiro atoms. The zero-order chi connectivity index (χ0) is 21.8. The number of carbonyl (C=O) groups excluding carboxylic acids is 1. The van der Waals surface area contributed by atoms with Gasteiger partial charge in [0, 0.05) is 22.8 Å². The number of nitrogens with one attached hydrogen (secondary N) is 1. The summed E-state index contributed by atoms with van der Waals surface area (Å²) in [6.45, 7) is 3.95. The molecule has 1 atom stereocenters. The number of aromatic nitrogens is 2. The van der Waals surface area contributed by atoms with E-state index < -0.39 is 0 Å². The SMILES string of the molecule is COc1ccc(-c2noc(CN3CCCC(C(=O)Nc4cccc(Cl)c4C)C3)n2)cc1. The molecule has 1 saturated heterocycles. The molecule has 0 saturated carbocycles. The van der Waals surface area contributed by atoms with Crippen LogP contribution >= 0.6 is 11.6 Å². The average molecular weight is 441 g/mol. The molecule has 1 aromatic heterocycles. The second kappa shape index (κ2) is 9.49. The van der Waals surface area contributed by atoms with Crippen LogP contribution in [0.15, 0.2) is 47.0 Å². The van der Waals surface area contributed by atoms with Gasteiger partial charge < -0.3 is 14.6 Å². The van der Waals surface area contributed by atoms with Crippen molar-refractivity contribution in [1.29, 1.82) is 0 Å². The van der Waals surface area contributed by atoms with Gasteiger partial charge in [-0.15, -0.1) is 0 Å². The largest absolute Gasteiger partial charge is 0.497 e. The minimum absolute atomic E-state index is 0.0134. The highest BCUT2D eigenvalue weighted by atomic mass is 35.5. The van der Waals surface area contributed by atoms with Crippen LogP contribution in [0.3, 0.4) is 0 Å². The lowest BCUT2D eigenvalue weighted by Gasteiger charge is -2.31.